The van der Waals surface area contributed by atoms with Crippen molar-refractivity contribution in [3.05, 3.63) is 64.1 Å². The zero-order valence-corrected chi connectivity index (χ0v) is 18.1. The number of rotatable bonds is 9. The van der Waals surface area contributed by atoms with Gasteiger partial charge in [-0.2, -0.15) is 5.10 Å². The number of ether oxygens (including phenoxy) is 1. The third-order valence-electron chi connectivity index (χ3n) is 5.76. The molecule has 6 nitrogen and oxygen atoms in total. The van der Waals surface area contributed by atoms with Crippen LogP contribution < -0.4 is 4.74 Å². The quantitative estimate of drug-likeness (QED) is 0.382. The molecule has 0 aliphatic carbocycles. The number of aryl methyl sites for hydroxylation is 2. The number of hydrogen-bond acceptors (Lipinski definition) is 5. The van der Waals surface area contributed by atoms with Crippen molar-refractivity contribution < 1.29 is 32.9 Å². The maximum atomic E-state index is 14.0. The second-order valence-corrected chi connectivity index (χ2v) is 8.01. The van der Waals surface area contributed by atoms with Crippen LogP contribution in [0.2, 0.25) is 0 Å². The standard InChI is InChI=1S/C23H25F3N2O4/c1-4-23(11-29,12-30)9-19(31)21-14(3)27-28-18(21)7-13(2)8-20(28)32-10-15-16(24)5-6-17(25)22(15)26/h5-8,29-30H,4,9-12H2,1-3H3. The van der Waals surface area contributed by atoms with Crippen LogP contribution in [-0.2, 0) is 6.61 Å². The number of fused-ring (bicyclic) bond motifs is 1. The summed E-state index contributed by atoms with van der Waals surface area (Å²) in [4.78, 5) is 13.1. The van der Waals surface area contributed by atoms with Crippen molar-refractivity contribution in [1.29, 1.82) is 0 Å². The summed E-state index contributed by atoms with van der Waals surface area (Å²) < 4.78 is 48.4. The van der Waals surface area contributed by atoms with Crippen LogP contribution in [-0.4, -0.2) is 38.8 Å². The molecule has 0 fully saturated rings. The number of ketones is 1. The molecule has 0 amide bonds. The molecule has 2 aromatic heterocycles. The summed E-state index contributed by atoms with van der Waals surface area (Å²) >= 11 is 0. The molecule has 0 aliphatic rings. The van der Waals surface area contributed by atoms with Crippen molar-refractivity contribution in [3.63, 3.8) is 0 Å². The first-order chi connectivity index (χ1) is 15.2. The number of aromatic nitrogens is 2. The minimum absolute atomic E-state index is 0.0808. The topological polar surface area (TPSA) is 84.1 Å². The van der Waals surface area contributed by atoms with Crippen molar-refractivity contribution in [2.24, 2.45) is 5.41 Å². The Kier molecular flexibility index (Phi) is 6.90. The molecule has 0 saturated heterocycles. The SMILES string of the molecule is CCC(CO)(CO)CC(=O)c1c(C)nn2c(OCc3c(F)ccc(F)c3F)cc(C)cc12. The summed E-state index contributed by atoms with van der Waals surface area (Å²) in [7, 11) is 0. The van der Waals surface area contributed by atoms with Crippen LogP contribution in [0.25, 0.3) is 5.52 Å². The largest absolute Gasteiger partial charge is 0.473 e. The van der Waals surface area contributed by atoms with Gasteiger partial charge in [-0.25, -0.2) is 17.7 Å². The van der Waals surface area contributed by atoms with Crippen LogP contribution in [0, 0.1) is 36.7 Å². The smallest absolute Gasteiger partial charge is 0.215 e. The van der Waals surface area contributed by atoms with Gasteiger partial charge >= 0.3 is 0 Å². The molecule has 172 valence electrons. The summed E-state index contributed by atoms with van der Waals surface area (Å²) in [5.74, 6) is -3.64. The van der Waals surface area contributed by atoms with Crippen molar-refractivity contribution >= 4 is 11.3 Å². The molecule has 3 aromatic rings. The highest BCUT2D eigenvalue weighted by molar-refractivity contribution is 6.04. The molecule has 1 aromatic carbocycles. The summed E-state index contributed by atoms with van der Waals surface area (Å²) in [6, 6.07) is 4.82. The van der Waals surface area contributed by atoms with Crippen LogP contribution in [0.3, 0.4) is 0 Å². The molecule has 3 rings (SSSR count). The minimum Gasteiger partial charge on any atom is -0.473 e. The Hall–Kier alpha value is -2.91. The van der Waals surface area contributed by atoms with Gasteiger partial charge in [-0.15, -0.1) is 0 Å². The van der Waals surface area contributed by atoms with E-state index in [1.165, 1.54) is 4.52 Å². The minimum atomic E-state index is -1.33. The van der Waals surface area contributed by atoms with Gasteiger partial charge in [-0.05, 0) is 44.0 Å². The lowest BCUT2D eigenvalue weighted by Gasteiger charge is -2.27. The monoisotopic (exact) mass is 450 g/mol. The van der Waals surface area contributed by atoms with Crippen molar-refractivity contribution in [3.8, 4) is 5.88 Å². The molecule has 0 atom stereocenters. The maximum absolute atomic E-state index is 14.0. The Morgan fingerprint density at radius 3 is 2.41 bits per heavy atom. The number of carbonyl (C=O) groups excluding carboxylic acids is 1. The molecule has 9 heteroatoms. The molecule has 0 bridgehead atoms. The van der Waals surface area contributed by atoms with Gasteiger partial charge in [0.1, 0.15) is 12.4 Å². The van der Waals surface area contributed by atoms with Crippen LogP contribution in [0.4, 0.5) is 13.2 Å². The van der Waals surface area contributed by atoms with Crippen LogP contribution in [0.15, 0.2) is 24.3 Å². The first-order valence-corrected chi connectivity index (χ1v) is 10.2. The van der Waals surface area contributed by atoms with Crippen LogP contribution >= 0.6 is 0 Å². The zero-order valence-electron chi connectivity index (χ0n) is 18.1. The molecule has 0 radical (unpaired) electrons. The molecule has 0 spiro atoms. The molecular weight excluding hydrogens is 425 g/mol. The Bertz CT molecular complexity index is 1150. The van der Waals surface area contributed by atoms with Gasteiger partial charge in [0.2, 0.25) is 5.88 Å². The van der Waals surface area contributed by atoms with E-state index in [-0.39, 0.29) is 31.3 Å². The van der Waals surface area contributed by atoms with Crippen LogP contribution in [0.1, 0.15) is 46.9 Å². The first kappa shape index (κ1) is 23.7. The fourth-order valence-electron chi connectivity index (χ4n) is 3.59. The number of aliphatic hydroxyl groups excluding tert-OH is 2. The van der Waals surface area contributed by atoms with E-state index in [4.69, 9.17) is 4.74 Å². The summed E-state index contributed by atoms with van der Waals surface area (Å²) in [6.45, 7) is 3.90. The van der Waals surface area contributed by atoms with E-state index in [1.807, 2.05) is 0 Å². The fraction of sp³-hybridized carbons (Fsp3) is 0.391. The Labute approximate surface area is 183 Å². The molecule has 0 aliphatic heterocycles. The summed E-state index contributed by atoms with van der Waals surface area (Å²) in [5, 5.41) is 23.7. The van der Waals surface area contributed by atoms with Gasteiger partial charge in [0.15, 0.2) is 17.4 Å². The molecular formula is C23H25F3N2O4. The predicted molar refractivity (Wildman–Crippen MR) is 111 cm³/mol. The highest BCUT2D eigenvalue weighted by Crippen LogP contribution is 2.31. The van der Waals surface area contributed by atoms with Gasteiger partial charge < -0.3 is 14.9 Å². The fourth-order valence-corrected chi connectivity index (χ4v) is 3.59. The number of Topliss-reactive ketones (excluding diaryl/α,β-unsaturated/α-hetero) is 1. The van der Waals surface area contributed by atoms with E-state index in [2.05, 4.69) is 5.10 Å². The third kappa shape index (κ3) is 4.35. The van der Waals surface area contributed by atoms with Crippen molar-refractivity contribution in [2.75, 3.05) is 13.2 Å². The molecule has 0 unspecified atom stereocenters. The van der Waals surface area contributed by atoms with E-state index in [9.17, 15) is 28.2 Å². The van der Waals surface area contributed by atoms with Gasteiger partial charge in [-0.3, -0.25) is 4.79 Å². The average Bonchev–Trinajstić information content (AvgIpc) is 3.10. The highest BCUT2D eigenvalue weighted by atomic mass is 19.2. The molecule has 0 saturated carbocycles. The summed E-state index contributed by atoms with van der Waals surface area (Å²) in [6.07, 6.45) is 0.324. The molecule has 32 heavy (non-hydrogen) atoms. The number of halogens is 3. The van der Waals surface area contributed by atoms with E-state index in [0.717, 1.165) is 6.07 Å². The first-order valence-electron chi connectivity index (χ1n) is 10.2. The second-order valence-electron chi connectivity index (χ2n) is 8.01. The number of hydrogen-bond donors (Lipinski definition) is 2. The number of benzene rings is 1. The Morgan fingerprint density at radius 2 is 1.78 bits per heavy atom. The van der Waals surface area contributed by atoms with Crippen molar-refractivity contribution in [1.82, 2.24) is 9.61 Å². The van der Waals surface area contributed by atoms with E-state index in [0.29, 0.717) is 34.8 Å². The lowest BCUT2D eigenvalue weighted by molar-refractivity contribution is 0.0402. The van der Waals surface area contributed by atoms with Gasteiger partial charge in [0.05, 0.1) is 35.6 Å². The maximum Gasteiger partial charge on any atom is 0.215 e. The predicted octanol–water partition coefficient (Wildman–Crippen LogP) is 3.90. The number of pyridine rings is 1. The average molecular weight is 450 g/mol. The van der Waals surface area contributed by atoms with E-state index in [1.54, 1.807) is 32.9 Å². The van der Waals surface area contributed by atoms with E-state index < -0.39 is 35.0 Å². The normalized spacial score (nSPS) is 11.9. The van der Waals surface area contributed by atoms with E-state index >= 15 is 0 Å². The van der Waals surface area contributed by atoms with Gasteiger partial charge in [0.25, 0.3) is 0 Å². The number of nitrogens with zero attached hydrogens (tertiary/aromatic N) is 2. The lowest BCUT2D eigenvalue weighted by Crippen LogP contribution is -2.32. The van der Waals surface area contributed by atoms with Crippen molar-refractivity contribution in [2.45, 2.75) is 40.2 Å². The second kappa shape index (κ2) is 9.30. The zero-order chi connectivity index (χ0) is 23.6. The molecule has 2 heterocycles. The van der Waals surface area contributed by atoms with Crippen LogP contribution in [0.5, 0.6) is 5.88 Å². The summed E-state index contributed by atoms with van der Waals surface area (Å²) in [5.41, 5.74) is 0.318. The lowest BCUT2D eigenvalue weighted by atomic mass is 9.80. The molecule has 2 N–H and O–H groups in total. The third-order valence-corrected chi connectivity index (χ3v) is 5.76. The Balaban J connectivity index is 2.00. The van der Waals surface area contributed by atoms with Gasteiger partial charge in [0, 0.05) is 17.9 Å². The highest BCUT2D eigenvalue weighted by Gasteiger charge is 2.32. The number of aliphatic hydroxyl groups is 2. The Morgan fingerprint density at radius 1 is 1.12 bits per heavy atom. The van der Waals surface area contributed by atoms with Gasteiger partial charge in [-0.1, -0.05) is 6.92 Å². The number of carbonyl (C=O) groups is 1.